The molecular formula is C23H30N4S. The van der Waals surface area contributed by atoms with Crippen molar-refractivity contribution in [2.75, 3.05) is 6.54 Å². The molecule has 1 aromatic carbocycles. The van der Waals surface area contributed by atoms with Crippen LogP contribution >= 0.6 is 11.8 Å². The highest BCUT2D eigenvalue weighted by molar-refractivity contribution is 8.04. The van der Waals surface area contributed by atoms with Gasteiger partial charge in [0, 0.05) is 17.7 Å². The third-order valence-electron chi connectivity index (χ3n) is 6.45. The maximum atomic E-state index is 4.67. The predicted octanol–water partition coefficient (Wildman–Crippen LogP) is 4.07. The summed E-state index contributed by atoms with van der Waals surface area (Å²) in [4.78, 5) is 6.25. The first-order valence-corrected chi connectivity index (χ1v) is 11.7. The molecule has 1 aromatic rings. The molecule has 2 aliphatic carbocycles. The van der Waals surface area contributed by atoms with Crippen molar-refractivity contribution >= 4 is 18.1 Å². The number of nitrogens with zero attached hydrogens (tertiary/aromatic N) is 1. The van der Waals surface area contributed by atoms with E-state index in [-0.39, 0.29) is 0 Å². The summed E-state index contributed by atoms with van der Waals surface area (Å²) in [6.45, 7) is 1.08. The highest BCUT2D eigenvalue weighted by Gasteiger charge is 2.36. The number of hydrogen-bond acceptors (Lipinski definition) is 5. The number of fused-ring (bicyclic) bond motifs is 2. The first-order chi connectivity index (χ1) is 13.9. The number of allylic oxidation sites excluding steroid dienone is 1. The Morgan fingerprint density at radius 2 is 1.86 bits per heavy atom. The highest BCUT2D eigenvalue weighted by atomic mass is 32.2. The lowest BCUT2D eigenvalue weighted by Gasteiger charge is -2.32. The molecular weight excluding hydrogens is 364 g/mol. The lowest BCUT2D eigenvalue weighted by molar-refractivity contribution is 0.318. The lowest BCUT2D eigenvalue weighted by atomic mass is 9.90. The maximum Gasteiger partial charge on any atom is 0.130 e. The van der Waals surface area contributed by atoms with E-state index >= 15 is 0 Å². The van der Waals surface area contributed by atoms with Crippen LogP contribution in [0.1, 0.15) is 50.5 Å². The first kappa shape index (κ1) is 18.3. The summed E-state index contributed by atoms with van der Waals surface area (Å²) in [5.74, 6) is 1.24. The zero-order valence-electron chi connectivity index (χ0n) is 16.4. The molecule has 0 spiro atoms. The summed E-state index contributed by atoms with van der Waals surface area (Å²) in [5.41, 5.74) is 4.45. The third-order valence-corrected chi connectivity index (χ3v) is 7.76. The Balaban J connectivity index is 1.12. The van der Waals surface area contributed by atoms with Crippen molar-refractivity contribution < 1.29 is 0 Å². The molecule has 4 nitrogen and oxygen atoms in total. The van der Waals surface area contributed by atoms with Crippen molar-refractivity contribution in [2.24, 2.45) is 4.99 Å². The second-order valence-corrected chi connectivity index (χ2v) is 9.49. The van der Waals surface area contributed by atoms with Gasteiger partial charge in [0.1, 0.15) is 11.2 Å². The van der Waals surface area contributed by atoms with Gasteiger partial charge in [-0.1, -0.05) is 42.1 Å². The second kappa shape index (κ2) is 8.34. The van der Waals surface area contributed by atoms with Crippen LogP contribution in [-0.4, -0.2) is 30.3 Å². The van der Waals surface area contributed by atoms with E-state index in [9.17, 15) is 0 Å². The molecule has 28 heavy (non-hydrogen) atoms. The normalized spacial score (nSPS) is 28.9. The lowest BCUT2D eigenvalue weighted by Crippen LogP contribution is -2.43. The Hall–Kier alpha value is -1.72. The van der Waals surface area contributed by atoms with Crippen LogP contribution < -0.4 is 16.0 Å². The maximum absolute atomic E-state index is 4.67. The fourth-order valence-corrected chi connectivity index (χ4v) is 6.32. The molecule has 148 valence electrons. The minimum atomic E-state index is 0.296. The van der Waals surface area contributed by atoms with Crippen molar-refractivity contribution in [3.63, 3.8) is 0 Å². The van der Waals surface area contributed by atoms with Crippen molar-refractivity contribution in [3.8, 4) is 0 Å². The fourth-order valence-electron chi connectivity index (χ4n) is 4.93. The van der Waals surface area contributed by atoms with Gasteiger partial charge in [-0.3, -0.25) is 4.99 Å². The SMILES string of the molecule is C1=NC2SC3=C(CCC3)C2=C(NC2CCC(NCCc3ccccc3)CC2)N1. The third kappa shape index (κ3) is 3.87. The van der Waals surface area contributed by atoms with Crippen molar-refractivity contribution in [1.82, 2.24) is 16.0 Å². The van der Waals surface area contributed by atoms with Crippen molar-refractivity contribution in [2.45, 2.75) is 68.8 Å². The topological polar surface area (TPSA) is 48.5 Å². The monoisotopic (exact) mass is 394 g/mol. The number of benzene rings is 1. The molecule has 2 heterocycles. The van der Waals surface area contributed by atoms with Gasteiger partial charge >= 0.3 is 0 Å². The largest absolute Gasteiger partial charge is 0.369 e. The summed E-state index contributed by atoms with van der Waals surface area (Å²) in [7, 11) is 0. The Labute approximate surface area is 172 Å². The molecule has 3 N–H and O–H groups in total. The van der Waals surface area contributed by atoms with Crippen LogP contribution in [0, 0.1) is 0 Å². The Bertz CT molecular complexity index is 790. The minimum absolute atomic E-state index is 0.296. The van der Waals surface area contributed by atoms with Crippen LogP contribution in [0.2, 0.25) is 0 Å². The molecule has 0 amide bonds. The Kier molecular flexibility index (Phi) is 5.45. The van der Waals surface area contributed by atoms with E-state index in [0.717, 1.165) is 13.0 Å². The molecule has 5 heteroatoms. The average molecular weight is 395 g/mol. The van der Waals surface area contributed by atoms with Gasteiger partial charge in [-0.25, -0.2) is 0 Å². The van der Waals surface area contributed by atoms with Gasteiger partial charge < -0.3 is 16.0 Å². The summed E-state index contributed by atoms with van der Waals surface area (Å²) in [5, 5.41) is 11.3. The fraction of sp³-hybridized carbons (Fsp3) is 0.522. The van der Waals surface area contributed by atoms with E-state index in [1.54, 1.807) is 10.5 Å². The van der Waals surface area contributed by atoms with E-state index in [2.05, 4.69) is 51.3 Å². The molecule has 1 unspecified atom stereocenters. The predicted molar refractivity (Wildman–Crippen MR) is 118 cm³/mol. The Morgan fingerprint density at radius 3 is 2.71 bits per heavy atom. The zero-order valence-corrected chi connectivity index (χ0v) is 17.2. The standard InChI is InChI=1S/C23H30N4S/c1-2-5-16(6-3-1)13-14-24-17-9-11-18(12-10-17)27-22-21-19-7-4-8-20(19)28-23(21)26-15-25-22/h1-3,5-6,15,17-18,23-24,27H,4,7-14H2,(H,25,26). The highest BCUT2D eigenvalue weighted by Crippen LogP contribution is 2.51. The number of thioether (sulfide) groups is 1. The first-order valence-electron chi connectivity index (χ1n) is 10.8. The molecule has 5 rings (SSSR count). The average Bonchev–Trinajstić information content (AvgIpc) is 3.32. The quantitative estimate of drug-likeness (QED) is 0.681. The number of nitrogens with one attached hydrogen (secondary N) is 3. The molecule has 0 bridgehead atoms. The van der Waals surface area contributed by atoms with Crippen molar-refractivity contribution in [3.05, 3.63) is 57.8 Å². The summed E-state index contributed by atoms with van der Waals surface area (Å²) in [6.07, 6.45) is 11.8. The van der Waals surface area contributed by atoms with Crippen LogP contribution in [-0.2, 0) is 6.42 Å². The van der Waals surface area contributed by atoms with E-state index < -0.39 is 0 Å². The van der Waals surface area contributed by atoms with Gasteiger partial charge in [0.25, 0.3) is 0 Å². The van der Waals surface area contributed by atoms with Crippen LogP contribution in [0.5, 0.6) is 0 Å². The van der Waals surface area contributed by atoms with Crippen LogP contribution in [0.4, 0.5) is 0 Å². The van der Waals surface area contributed by atoms with Crippen molar-refractivity contribution in [1.29, 1.82) is 0 Å². The van der Waals surface area contributed by atoms with E-state index in [1.165, 1.54) is 61.9 Å². The van der Waals surface area contributed by atoms with Gasteiger partial charge in [0.15, 0.2) is 0 Å². The Morgan fingerprint density at radius 1 is 1.04 bits per heavy atom. The zero-order chi connectivity index (χ0) is 18.8. The summed E-state index contributed by atoms with van der Waals surface area (Å²) < 4.78 is 0. The number of hydrogen-bond donors (Lipinski definition) is 3. The van der Waals surface area contributed by atoms with Crippen LogP contribution in [0.15, 0.2) is 57.2 Å². The van der Waals surface area contributed by atoms with Gasteiger partial charge in [-0.05, 0) is 74.0 Å². The van der Waals surface area contributed by atoms with Crippen LogP contribution in [0.3, 0.4) is 0 Å². The second-order valence-electron chi connectivity index (χ2n) is 8.32. The molecule has 0 saturated heterocycles. The van der Waals surface area contributed by atoms with E-state index in [1.807, 2.05) is 18.1 Å². The van der Waals surface area contributed by atoms with Gasteiger partial charge in [-0.2, -0.15) is 0 Å². The van der Waals surface area contributed by atoms with Crippen LogP contribution in [0.25, 0.3) is 0 Å². The van der Waals surface area contributed by atoms with Gasteiger partial charge in [-0.15, -0.1) is 0 Å². The smallest absolute Gasteiger partial charge is 0.130 e. The number of aliphatic imine (C=N–C) groups is 1. The van der Waals surface area contributed by atoms with Gasteiger partial charge in [0.05, 0.1) is 6.34 Å². The molecule has 4 aliphatic rings. The van der Waals surface area contributed by atoms with Gasteiger partial charge in [0.2, 0.25) is 0 Å². The summed E-state index contributed by atoms with van der Waals surface area (Å²) in [6, 6.07) is 12.0. The molecule has 2 aliphatic heterocycles. The number of rotatable bonds is 6. The molecule has 0 aromatic heterocycles. The summed E-state index contributed by atoms with van der Waals surface area (Å²) >= 11 is 1.97. The molecule has 1 fully saturated rings. The van der Waals surface area contributed by atoms with E-state index in [4.69, 9.17) is 0 Å². The van der Waals surface area contributed by atoms with E-state index in [0.29, 0.717) is 17.5 Å². The molecule has 1 saturated carbocycles. The molecule has 1 atom stereocenters. The molecule has 0 radical (unpaired) electrons. The minimum Gasteiger partial charge on any atom is -0.369 e.